The molecule has 0 spiro atoms. The van der Waals surface area contributed by atoms with E-state index in [1.54, 1.807) is 12.1 Å². The standard InChI is InChI=1S/C16H14O5/c1-18-12-8-11(15(17)19-2)9-13-14(12)21-16(20-13)10-6-4-3-5-7-10/h3-9,16H,1-2H3. The second-order valence-corrected chi connectivity index (χ2v) is 4.48. The third-order valence-corrected chi connectivity index (χ3v) is 3.19. The Hall–Kier alpha value is -2.69. The van der Waals surface area contributed by atoms with Crippen molar-refractivity contribution in [3.63, 3.8) is 0 Å². The second kappa shape index (κ2) is 5.36. The lowest BCUT2D eigenvalue weighted by atomic mass is 10.2. The number of methoxy groups -OCH3 is 2. The highest BCUT2D eigenvalue weighted by molar-refractivity contribution is 5.91. The Bertz CT molecular complexity index is 666. The first kappa shape index (κ1) is 13.3. The summed E-state index contributed by atoms with van der Waals surface area (Å²) in [6, 6.07) is 12.7. The highest BCUT2D eigenvalue weighted by Gasteiger charge is 2.30. The van der Waals surface area contributed by atoms with Crippen LogP contribution in [0.2, 0.25) is 0 Å². The first-order chi connectivity index (χ1) is 10.2. The van der Waals surface area contributed by atoms with E-state index in [1.165, 1.54) is 14.2 Å². The zero-order chi connectivity index (χ0) is 14.8. The molecule has 1 unspecified atom stereocenters. The van der Waals surface area contributed by atoms with Crippen molar-refractivity contribution >= 4 is 5.97 Å². The van der Waals surface area contributed by atoms with Crippen molar-refractivity contribution in [1.82, 2.24) is 0 Å². The van der Waals surface area contributed by atoms with E-state index < -0.39 is 12.3 Å². The summed E-state index contributed by atoms with van der Waals surface area (Å²) in [7, 11) is 2.84. The number of carbonyl (C=O) groups is 1. The van der Waals surface area contributed by atoms with E-state index in [9.17, 15) is 4.79 Å². The Morgan fingerprint density at radius 1 is 1.10 bits per heavy atom. The number of rotatable bonds is 3. The molecular formula is C16H14O5. The van der Waals surface area contributed by atoms with Crippen molar-refractivity contribution < 1.29 is 23.7 Å². The minimum Gasteiger partial charge on any atom is -0.493 e. The van der Waals surface area contributed by atoms with Gasteiger partial charge in [0.2, 0.25) is 5.75 Å². The van der Waals surface area contributed by atoms with Gasteiger partial charge in [0.05, 0.1) is 19.8 Å². The van der Waals surface area contributed by atoms with E-state index in [0.29, 0.717) is 22.8 Å². The lowest BCUT2D eigenvalue weighted by molar-refractivity contribution is 0.0472. The number of ether oxygens (including phenoxy) is 4. The monoisotopic (exact) mass is 286 g/mol. The average Bonchev–Trinajstić information content (AvgIpc) is 2.98. The molecule has 0 aromatic heterocycles. The molecule has 5 nitrogen and oxygen atoms in total. The van der Waals surface area contributed by atoms with E-state index in [0.717, 1.165) is 5.56 Å². The largest absolute Gasteiger partial charge is 0.493 e. The molecule has 1 aliphatic rings. The fourth-order valence-corrected chi connectivity index (χ4v) is 2.16. The Labute approximate surface area is 122 Å². The predicted octanol–water partition coefficient (Wildman–Crippen LogP) is 2.95. The molecule has 108 valence electrons. The van der Waals surface area contributed by atoms with Crippen LogP contribution >= 0.6 is 0 Å². The Balaban J connectivity index is 1.97. The molecular weight excluding hydrogens is 272 g/mol. The second-order valence-electron chi connectivity index (χ2n) is 4.48. The molecule has 0 amide bonds. The van der Waals surface area contributed by atoms with Gasteiger partial charge >= 0.3 is 5.97 Å². The summed E-state index contributed by atoms with van der Waals surface area (Å²) in [6.45, 7) is 0. The van der Waals surface area contributed by atoms with Gasteiger partial charge in [0.1, 0.15) is 0 Å². The van der Waals surface area contributed by atoms with Gasteiger partial charge in [-0.25, -0.2) is 4.79 Å². The zero-order valence-corrected chi connectivity index (χ0v) is 11.7. The fourth-order valence-electron chi connectivity index (χ4n) is 2.16. The SMILES string of the molecule is COC(=O)c1cc(OC)c2c(c1)OC(c1ccccc1)O2. The van der Waals surface area contributed by atoms with Crippen molar-refractivity contribution in [1.29, 1.82) is 0 Å². The van der Waals surface area contributed by atoms with Crippen molar-refractivity contribution in [3.8, 4) is 17.2 Å². The number of carbonyl (C=O) groups excluding carboxylic acids is 1. The maximum absolute atomic E-state index is 11.7. The smallest absolute Gasteiger partial charge is 0.338 e. The molecule has 0 saturated carbocycles. The van der Waals surface area contributed by atoms with Crippen molar-refractivity contribution in [2.24, 2.45) is 0 Å². The van der Waals surface area contributed by atoms with Gasteiger partial charge in [0.25, 0.3) is 6.29 Å². The van der Waals surface area contributed by atoms with Crippen LogP contribution in [0.15, 0.2) is 42.5 Å². The number of hydrogen-bond acceptors (Lipinski definition) is 5. The maximum atomic E-state index is 11.7. The number of hydrogen-bond donors (Lipinski definition) is 0. The molecule has 0 bridgehead atoms. The van der Waals surface area contributed by atoms with Gasteiger partial charge in [-0.05, 0) is 12.1 Å². The molecule has 5 heteroatoms. The van der Waals surface area contributed by atoms with Crippen LogP contribution in [0.5, 0.6) is 17.2 Å². The predicted molar refractivity (Wildman–Crippen MR) is 74.8 cm³/mol. The van der Waals surface area contributed by atoms with Gasteiger partial charge < -0.3 is 18.9 Å². The zero-order valence-electron chi connectivity index (χ0n) is 11.7. The van der Waals surface area contributed by atoms with E-state index in [-0.39, 0.29) is 0 Å². The quantitative estimate of drug-likeness (QED) is 0.812. The van der Waals surface area contributed by atoms with Gasteiger partial charge in [0, 0.05) is 5.56 Å². The van der Waals surface area contributed by atoms with Crippen LogP contribution < -0.4 is 14.2 Å². The Morgan fingerprint density at radius 3 is 2.52 bits per heavy atom. The van der Waals surface area contributed by atoms with Crippen LogP contribution in [-0.2, 0) is 4.74 Å². The average molecular weight is 286 g/mol. The molecule has 0 fully saturated rings. The summed E-state index contributed by atoms with van der Waals surface area (Å²) in [5, 5.41) is 0. The molecule has 2 aromatic rings. The van der Waals surface area contributed by atoms with Gasteiger partial charge in [-0.1, -0.05) is 30.3 Å². The molecule has 1 atom stereocenters. The minimum atomic E-state index is -0.553. The van der Waals surface area contributed by atoms with Crippen LogP contribution in [0.4, 0.5) is 0 Å². The normalized spacial score (nSPS) is 15.6. The lowest BCUT2D eigenvalue weighted by Gasteiger charge is -2.10. The summed E-state index contributed by atoms with van der Waals surface area (Å²) in [5.41, 5.74) is 1.24. The molecule has 1 aliphatic heterocycles. The first-order valence-corrected chi connectivity index (χ1v) is 6.41. The van der Waals surface area contributed by atoms with E-state index >= 15 is 0 Å². The molecule has 1 heterocycles. The van der Waals surface area contributed by atoms with Crippen LogP contribution in [0, 0.1) is 0 Å². The van der Waals surface area contributed by atoms with Crippen LogP contribution in [-0.4, -0.2) is 20.2 Å². The van der Waals surface area contributed by atoms with Gasteiger partial charge in [-0.3, -0.25) is 0 Å². The van der Waals surface area contributed by atoms with Gasteiger partial charge in [0.15, 0.2) is 11.5 Å². The van der Waals surface area contributed by atoms with E-state index in [4.69, 9.17) is 18.9 Å². The van der Waals surface area contributed by atoms with Crippen LogP contribution in [0.3, 0.4) is 0 Å². The van der Waals surface area contributed by atoms with Crippen molar-refractivity contribution in [2.45, 2.75) is 6.29 Å². The summed E-state index contributed by atoms with van der Waals surface area (Å²) in [6.07, 6.45) is -0.553. The van der Waals surface area contributed by atoms with Crippen molar-refractivity contribution in [3.05, 3.63) is 53.6 Å². The number of benzene rings is 2. The maximum Gasteiger partial charge on any atom is 0.338 e. The molecule has 0 radical (unpaired) electrons. The van der Waals surface area contributed by atoms with E-state index in [2.05, 4.69) is 0 Å². The molecule has 0 N–H and O–H groups in total. The Morgan fingerprint density at radius 2 is 1.86 bits per heavy atom. The van der Waals surface area contributed by atoms with Crippen LogP contribution in [0.1, 0.15) is 22.2 Å². The van der Waals surface area contributed by atoms with Gasteiger partial charge in [-0.15, -0.1) is 0 Å². The summed E-state index contributed by atoms with van der Waals surface area (Å²) < 4.78 is 21.5. The molecule has 3 rings (SSSR count). The van der Waals surface area contributed by atoms with Crippen LogP contribution in [0.25, 0.3) is 0 Å². The summed E-state index contributed by atoms with van der Waals surface area (Å²) in [4.78, 5) is 11.7. The molecule has 2 aromatic carbocycles. The minimum absolute atomic E-state index is 0.352. The number of esters is 1. The third-order valence-electron chi connectivity index (χ3n) is 3.19. The summed E-state index contributed by atoms with van der Waals surface area (Å²) in [5.74, 6) is 0.928. The fraction of sp³-hybridized carbons (Fsp3) is 0.188. The molecule has 0 aliphatic carbocycles. The van der Waals surface area contributed by atoms with E-state index in [1.807, 2.05) is 30.3 Å². The topological polar surface area (TPSA) is 54.0 Å². The molecule has 0 saturated heterocycles. The Kier molecular flexibility index (Phi) is 3.39. The highest BCUT2D eigenvalue weighted by Crippen LogP contribution is 2.47. The molecule has 21 heavy (non-hydrogen) atoms. The summed E-state index contributed by atoms with van der Waals surface area (Å²) >= 11 is 0. The number of fused-ring (bicyclic) bond motifs is 1. The first-order valence-electron chi connectivity index (χ1n) is 6.41. The van der Waals surface area contributed by atoms with Gasteiger partial charge in [-0.2, -0.15) is 0 Å². The third kappa shape index (κ3) is 2.38. The van der Waals surface area contributed by atoms with Crippen molar-refractivity contribution in [2.75, 3.05) is 14.2 Å². The lowest BCUT2D eigenvalue weighted by Crippen LogP contribution is -2.07. The highest BCUT2D eigenvalue weighted by atomic mass is 16.7.